The Balaban J connectivity index is 1.27. The molecule has 6 nitrogen and oxygen atoms in total. The molecule has 4 rings (SSSR count). The highest BCUT2D eigenvalue weighted by molar-refractivity contribution is 7.13. The van der Waals surface area contributed by atoms with Crippen molar-refractivity contribution in [2.24, 2.45) is 0 Å². The second-order valence-corrected chi connectivity index (χ2v) is 7.14. The third kappa shape index (κ3) is 3.77. The molecule has 1 aromatic carbocycles. The molecule has 0 spiro atoms. The Morgan fingerprint density at radius 2 is 1.88 bits per heavy atom. The van der Waals surface area contributed by atoms with Gasteiger partial charge < -0.3 is 14.3 Å². The fraction of sp³-hybridized carbons (Fsp3) is 0.316. The van der Waals surface area contributed by atoms with Gasteiger partial charge in [-0.2, -0.15) is 4.98 Å². The third-order valence-electron chi connectivity index (χ3n) is 4.52. The molecule has 1 amide bonds. The van der Waals surface area contributed by atoms with Crippen LogP contribution in [0.4, 0.5) is 5.69 Å². The van der Waals surface area contributed by atoms with Crippen molar-refractivity contribution in [1.82, 2.24) is 15.0 Å². The summed E-state index contributed by atoms with van der Waals surface area (Å²) >= 11 is 1.57. The number of aromatic nitrogens is 2. The minimum absolute atomic E-state index is 0.147. The van der Waals surface area contributed by atoms with Gasteiger partial charge in [-0.15, -0.1) is 11.3 Å². The van der Waals surface area contributed by atoms with Crippen molar-refractivity contribution in [3.05, 3.63) is 53.7 Å². The molecule has 0 unspecified atom stereocenters. The Morgan fingerprint density at radius 1 is 1.08 bits per heavy atom. The van der Waals surface area contributed by atoms with Crippen molar-refractivity contribution in [1.29, 1.82) is 0 Å². The van der Waals surface area contributed by atoms with Crippen molar-refractivity contribution in [2.75, 3.05) is 31.1 Å². The number of rotatable bonds is 5. The zero-order chi connectivity index (χ0) is 17.8. The molecule has 7 heteroatoms. The summed E-state index contributed by atoms with van der Waals surface area (Å²) in [5.74, 6) is 1.26. The van der Waals surface area contributed by atoms with E-state index in [2.05, 4.69) is 27.2 Å². The van der Waals surface area contributed by atoms with Crippen LogP contribution in [0.25, 0.3) is 10.7 Å². The number of thiophene rings is 1. The molecular weight excluding hydrogens is 348 g/mol. The van der Waals surface area contributed by atoms with E-state index in [4.69, 9.17) is 4.52 Å². The summed E-state index contributed by atoms with van der Waals surface area (Å²) in [6.45, 7) is 3.22. The van der Waals surface area contributed by atoms with Gasteiger partial charge in [-0.3, -0.25) is 4.79 Å². The number of aryl methyl sites for hydroxylation is 1. The lowest BCUT2D eigenvalue weighted by molar-refractivity contribution is -0.131. The van der Waals surface area contributed by atoms with Crippen LogP contribution in [0.2, 0.25) is 0 Å². The van der Waals surface area contributed by atoms with E-state index < -0.39 is 0 Å². The Kier molecular flexibility index (Phi) is 4.97. The van der Waals surface area contributed by atoms with Gasteiger partial charge in [0.15, 0.2) is 0 Å². The van der Waals surface area contributed by atoms with Crippen molar-refractivity contribution in [3.8, 4) is 10.7 Å². The van der Waals surface area contributed by atoms with E-state index in [1.807, 2.05) is 40.6 Å². The lowest BCUT2D eigenvalue weighted by Crippen LogP contribution is -2.48. The first kappa shape index (κ1) is 16.8. The van der Waals surface area contributed by atoms with E-state index in [-0.39, 0.29) is 5.91 Å². The molecule has 2 aromatic heterocycles. The third-order valence-corrected chi connectivity index (χ3v) is 5.38. The van der Waals surface area contributed by atoms with E-state index >= 15 is 0 Å². The second kappa shape index (κ2) is 7.70. The van der Waals surface area contributed by atoms with E-state index in [1.54, 1.807) is 11.3 Å². The molecule has 1 aliphatic heterocycles. The predicted octanol–water partition coefficient (Wildman–Crippen LogP) is 3.08. The van der Waals surface area contributed by atoms with Gasteiger partial charge in [0.05, 0.1) is 4.88 Å². The molecule has 0 N–H and O–H groups in total. The van der Waals surface area contributed by atoms with Crippen LogP contribution in [0, 0.1) is 0 Å². The molecule has 3 heterocycles. The van der Waals surface area contributed by atoms with Crippen LogP contribution >= 0.6 is 11.3 Å². The average molecular weight is 368 g/mol. The highest BCUT2D eigenvalue weighted by Gasteiger charge is 2.21. The molecule has 134 valence electrons. The van der Waals surface area contributed by atoms with E-state index in [9.17, 15) is 4.79 Å². The highest BCUT2D eigenvalue weighted by atomic mass is 32.1. The molecule has 0 bridgehead atoms. The molecule has 0 aliphatic carbocycles. The summed E-state index contributed by atoms with van der Waals surface area (Å²) in [6, 6.07) is 14.2. The van der Waals surface area contributed by atoms with E-state index in [0.717, 1.165) is 31.1 Å². The molecule has 0 radical (unpaired) electrons. The number of para-hydroxylation sites is 1. The summed E-state index contributed by atoms with van der Waals surface area (Å²) in [5.41, 5.74) is 1.21. The van der Waals surface area contributed by atoms with Crippen LogP contribution in [0.3, 0.4) is 0 Å². The van der Waals surface area contributed by atoms with Gasteiger partial charge in [0.2, 0.25) is 17.6 Å². The number of anilines is 1. The molecule has 1 saturated heterocycles. The Bertz CT molecular complexity index is 840. The van der Waals surface area contributed by atoms with Crippen LogP contribution in [0.15, 0.2) is 52.4 Å². The van der Waals surface area contributed by atoms with Crippen LogP contribution in [-0.4, -0.2) is 47.1 Å². The van der Waals surface area contributed by atoms with Gasteiger partial charge in [-0.1, -0.05) is 29.4 Å². The lowest BCUT2D eigenvalue weighted by Gasteiger charge is -2.36. The number of nitrogens with zero attached hydrogens (tertiary/aromatic N) is 4. The van der Waals surface area contributed by atoms with Crippen LogP contribution in [0.5, 0.6) is 0 Å². The zero-order valence-corrected chi connectivity index (χ0v) is 15.2. The zero-order valence-electron chi connectivity index (χ0n) is 14.4. The number of amides is 1. The smallest absolute Gasteiger partial charge is 0.227 e. The van der Waals surface area contributed by atoms with Gasteiger partial charge in [0.1, 0.15) is 0 Å². The SMILES string of the molecule is O=C(CCc1nc(-c2cccs2)no1)N1CCN(c2ccccc2)CC1. The Morgan fingerprint density at radius 3 is 2.62 bits per heavy atom. The van der Waals surface area contributed by atoms with Gasteiger partial charge >= 0.3 is 0 Å². The van der Waals surface area contributed by atoms with Crippen molar-refractivity contribution >= 4 is 22.9 Å². The maximum Gasteiger partial charge on any atom is 0.227 e. The number of piperazine rings is 1. The quantitative estimate of drug-likeness (QED) is 0.693. The molecule has 1 fully saturated rings. The minimum atomic E-state index is 0.147. The van der Waals surface area contributed by atoms with Crippen molar-refractivity contribution in [3.63, 3.8) is 0 Å². The van der Waals surface area contributed by atoms with Gasteiger partial charge in [0, 0.05) is 44.7 Å². The monoisotopic (exact) mass is 368 g/mol. The van der Waals surface area contributed by atoms with Crippen molar-refractivity contribution in [2.45, 2.75) is 12.8 Å². The minimum Gasteiger partial charge on any atom is -0.368 e. The first-order valence-corrected chi connectivity index (χ1v) is 9.62. The molecule has 0 saturated carbocycles. The number of hydrogen-bond donors (Lipinski definition) is 0. The maximum absolute atomic E-state index is 12.5. The normalized spacial score (nSPS) is 14.6. The largest absolute Gasteiger partial charge is 0.368 e. The van der Waals surface area contributed by atoms with Gasteiger partial charge in [-0.05, 0) is 23.6 Å². The van der Waals surface area contributed by atoms with Crippen LogP contribution in [0.1, 0.15) is 12.3 Å². The first-order valence-electron chi connectivity index (χ1n) is 8.74. The molecule has 0 atom stereocenters. The Labute approximate surface area is 156 Å². The standard InChI is InChI=1S/C19H20N4O2S/c24-18(9-8-17-20-19(21-25-17)16-7-4-14-26-16)23-12-10-22(11-13-23)15-5-2-1-3-6-15/h1-7,14H,8-13H2. The molecular formula is C19H20N4O2S. The molecule has 1 aliphatic rings. The highest BCUT2D eigenvalue weighted by Crippen LogP contribution is 2.22. The maximum atomic E-state index is 12.5. The van der Waals surface area contributed by atoms with Crippen molar-refractivity contribution < 1.29 is 9.32 Å². The van der Waals surface area contributed by atoms with E-state index in [1.165, 1.54) is 5.69 Å². The summed E-state index contributed by atoms with van der Waals surface area (Å²) in [6.07, 6.45) is 0.882. The predicted molar refractivity (Wildman–Crippen MR) is 101 cm³/mol. The van der Waals surface area contributed by atoms with Crippen LogP contribution in [-0.2, 0) is 11.2 Å². The molecule has 3 aromatic rings. The fourth-order valence-electron chi connectivity index (χ4n) is 3.09. The summed E-state index contributed by atoms with van der Waals surface area (Å²) < 4.78 is 5.27. The van der Waals surface area contributed by atoms with Crippen LogP contribution < -0.4 is 4.90 Å². The first-order chi connectivity index (χ1) is 12.8. The lowest BCUT2D eigenvalue weighted by atomic mass is 10.2. The molecule has 26 heavy (non-hydrogen) atoms. The van der Waals surface area contributed by atoms with Gasteiger partial charge in [-0.25, -0.2) is 0 Å². The number of carbonyl (C=O) groups excluding carboxylic acids is 1. The summed E-state index contributed by atoms with van der Waals surface area (Å²) in [4.78, 5) is 22.1. The fourth-order valence-corrected chi connectivity index (χ4v) is 3.74. The number of hydrogen-bond acceptors (Lipinski definition) is 6. The topological polar surface area (TPSA) is 62.5 Å². The second-order valence-electron chi connectivity index (χ2n) is 6.19. The van der Waals surface area contributed by atoms with E-state index in [0.29, 0.717) is 24.6 Å². The summed E-state index contributed by atoms with van der Waals surface area (Å²) in [7, 11) is 0. The summed E-state index contributed by atoms with van der Waals surface area (Å²) in [5, 5.41) is 5.96. The number of carbonyl (C=O) groups is 1. The van der Waals surface area contributed by atoms with Gasteiger partial charge in [0.25, 0.3) is 0 Å². The number of benzene rings is 1. The Hall–Kier alpha value is -2.67. The average Bonchev–Trinajstić information content (AvgIpc) is 3.38.